The normalized spacial score (nSPS) is 12.5. The number of nitriles is 1. The number of hydrogen-bond donors (Lipinski definition) is 2. The first-order valence-corrected chi connectivity index (χ1v) is 12.6. The van der Waals surface area contributed by atoms with Gasteiger partial charge in [-0.15, -0.1) is 21.5 Å². The van der Waals surface area contributed by atoms with Crippen molar-refractivity contribution in [1.82, 2.24) is 14.8 Å². The van der Waals surface area contributed by atoms with Gasteiger partial charge in [0.1, 0.15) is 22.6 Å². The van der Waals surface area contributed by atoms with Gasteiger partial charge in [0, 0.05) is 11.9 Å². The number of thioether (sulfide) groups is 1. The third kappa shape index (κ3) is 5.24. The third-order valence-corrected chi connectivity index (χ3v) is 7.72. The van der Waals surface area contributed by atoms with Crippen LogP contribution in [0.2, 0.25) is 0 Å². The minimum absolute atomic E-state index is 0.0284. The molecule has 0 fully saturated rings. The van der Waals surface area contributed by atoms with E-state index in [2.05, 4.69) is 26.9 Å². The van der Waals surface area contributed by atoms with Crippen molar-refractivity contribution >= 4 is 45.6 Å². The van der Waals surface area contributed by atoms with E-state index in [0.717, 1.165) is 31.2 Å². The van der Waals surface area contributed by atoms with Gasteiger partial charge < -0.3 is 19.9 Å². The highest BCUT2D eigenvalue weighted by Gasteiger charge is 2.22. The van der Waals surface area contributed by atoms with Crippen molar-refractivity contribution in [2.45, 2.75) is 37.3 Å². The van der Waals surface area contributed by atoms with Crippen LogP contribution in [0.3, 0.4) is 0 Å². The summed E-state index contributed by atoms with van der Waals surface area (Å²) >= 11 is 2.73. The molecule has 0 unspecified atom stereocenters. The van der Waals surface area contributed by atoms with Crippen molar-refractivity contribution in [3.8, 4) is 11.8 Å². The van der Waals surface area contributed by atoms with Crippen LogP contribution in [-0.2, 0) is 35.9 Å². The lowest BCUT2D eigenvalue weighted by molar-refractivity contribution is -0.116. The number of amides is 2. The maximum atomic E-state index is 12.6. The number of ether oxygens (including phenoxy) is 1. The smallest absolute Gasteiger partial charge is 0.235 e. The highest BCUT2D eigenvalue weighted by atomic mass is 32.2. The summed E-state index contributed by atoms with van der Waals surface area (Å²) in [6.45, 7) is 0. The molecule has 1 aliphatic rings. The Morgan fingerprint density at radius 2 is 2.00 bits per heavy atom. The maximum absolute atomic E-state index is 12.6. The fourth-order valence-electron chi connectivity index (χ4n) is 3.78. The number of hydrogen-bond acceptors (Lipinski definition) is 8. The van der Waals surface area contributed by atoms with E-state index in [1.807, 2.05) is 12.1 Å². The van der Waals surface area contributed by atoms with Gasteiger partial charge in [0.25, 0.3) is 0 Å². The predicted octanol–water partition coefficient (Wildman–Crippen LogP) is 3.55. The van der Waals surface area contributed by atoms with Gasteiger partial charge in [-0.2, -0.15) is 5.26 Å². The van der Waals surface area contributed by atoms with E-state index in [1.54, 1.807) is 30.9 Å². The molecule has 2 heterocycles. The quantitative estimate of drug-likeness (QED) is 0.457. The molecule has 4 rings (SSSR count). The number of aryl methyl sites for hydroxylation is 1. The van der Waals surface area contributed by atoms with Gasteiger partial charge >= 0.3 is 0 Å². The van der Waals surface area contributed by atoms with Crippen LogP contribution < -0.4 is 15.4 Å². The molecule has 0 spiro atoms. The second-order valence-electron chi connectivity index (χ2n) is 7.75. The Bertz CT molecular complexity index is 1260. The molecule has 0 radical (unpaired) electrons. The van der Waals surface area contributed by atoms with Gasteiger partial charge in [-0.3, -0.25) is 9.59 Å². The van der Waals surface area contributed by atoms with Crippen LogP contribution in [0.4, 0.5) is 10.7 Å². The molecule has 176 valence electrons. The van der Waals surface area contributed by atoms with Crippen LogP contribution in [0.5, 0.6) is 5.75 Å². The summed E-state index contributed by atoms with van der Waals surface area (Å²) in [5.41, 5.74) is 2.27. The Labute approximate surface area is 205 Å². The van der Waals surface area contributed by atoms with Gasteiger partial charge in [-0.05, 0) is 43.4 Å². The van der Waals surface area contributed by atoms with Crippen LogP contribution in [-0.4, -0.2) is 39.4 Å². The Hall–Kier alpha value is -3.36. The van der Waals surface area contributed by atoms with Crippen LogP contribution >= 0.6 is 23.1 Å². The van der Waals surface area contributed by atoms with E-state index < -0.39 is 0 Å². The van der Waals surface area contributed by atoms with Gasteiger partial charge in [0.2, 0.25) is 11.8 Å². The summed E-state index contributed by atoms with van der Waals surface area (Å²) < 4.78 is 6.95. The second kappa shape index (κ2) is 10.7. The molecule has 1 aromatic carbocycles. The lowest BCUT2D eigenvalue weighted by Gasteiger charge is -2.09. The van der Waals surface area contributed by atoms with Crippen molar-refractivity contribution in [3.05, 3.63) is 46.1 Å². The summed E-state index contributed by atoms with van der Waals surface area (Å²) in [6, 6.07) is 9.41. The number of thiophene rings is 1. The van der Waals surface area contributed by atoms with Crippen molar-refractivity contribution < 1.29 is 14.3 Å². The molecule has 0 saturated heterocycles. The number of para-hydroxylation sites is 2. The van der Waals surface area contributed by atoms with Crippen molar-refractivity contribution in [2.24, 2.45) is 7.05 Å². The van der Waals surface area contributed by atoms with Gasteiger partial charge in [-0.1, -0.05) is 23.9 Å². The van der Waals surface area contributed by atoms with Gasteiger partial charge in [-0.25, -0.2) is 0 Å². The maximum Gasteiger partial charge on any atom is 0.235 e. The lowest BCUT2D eigenvalue weighted by Crippen LogP contribution is -2.17. The minimum atomic E-state index is -0.250. The average molecular weight is 497 g/mol. The fraction of sp³-hybridized carbons (Fsp3) is 0.348. The molecule has 0 aliphatic heterocycles. The zero-order valence-corrected chi connectivity index (χ0v) is 20.5. The molecular formula is C23H24N6O3S2. The molecule has 0 saturated carbocycles. The van der Waals surface area contributed by atoms with Crippen LogP contribution in [0, 0.1) is 11.3 Å². The summed E-state index contributed by atoms with van der Waals surface area (Å²) in [5, 5.41) is 24.6. The highest BCUT2D eigenvalue weighted by molar-refractivity contribution is 7.99. The molecule has 1 aliphatic carbocycles. The van der Waals surface area contributed by atoms with Gasteiger partial charge in [0.05, 0.1) is 30.5 Å². The molecule has 2 N–H and O–H groups in total. The standard InChI is InChI=1S/C23H24N6O3S2/c1-29-19(11-20(30)25-16-8-4-5-9-17(16)32-2)27-28-23(29)33-13-21(31)26-22-15(12-24)14-7-3-6-10-18(14)34-22/h4-5,8-9H,3,6-7,10-11,13H2,1-2H3,(H,25,30)(H,26,31). The molecule has 2 aromatic heterocycles. The summed E-state index contributed by atoms with van der Waals surface area (Å²) in [4.78, 5) is 26.2. The molecule has 0 bridgehead atoms. The predicted molar refractivity (Wildman–Crippen MR) is 131 cm³/mol. The zero-order chi connectivity index (χ0) is 24.1. The van der Waals surface area contributed by atoms with E-state index >= 15 is 0 Å². The number of fused-ring (bicyclic) bond motifs is 1. The van der Waals surface area contributed by atoms with Crippen LogP contribution in [0.1, 0.15) is 34.7 Å². The van der Waals surface area contributed by atoms with Gasteiger partial charge in [0.15, 0.2) is 5.16 Å². The number of carbonyl (C=O) groups excluding carboxylic acids is 2. The Balaban J connectivity index is 1.34. The van der Waals surface area contributed by atoms with E-state index in [-0.39, 0.29) is 24.0 Å². The first-order chi connectivity index (χ1) is 16.5. The SMILES string of the molecule is COc1ccccc1NC(=O)Cc1nnc(SCC(=O)Nc2sc3c(c2C#N)CCCC3)n1C. The summed E-state index contributed by atoms with van der Waals surface area (Å²) in [5.74, 6) is 0.709. The molecular weight excluding hydrogens is 472 g/mol. The number of methoxy groups -OCH3 is 1. The van der Waals surface area contributed by atoms with Crippen molar-refractivity contribution in [3.63, 3.8) is 0 Å². The number of anilines is 2. The lowest BCUT2D eigenvalue weighted by atomic mass is 9.96. The number of aromatic nitrogens is 3. The second-order valence-corrected chi connectivity index (χ2v) is 9.79. The Kier molecular flexibility index (Phi) is 7.49. The number of nitrogens with zero attached hydrogens (tertiary/aromatic N) is 4. The monoisotopic (exact) mass is 496 g/mol. The van der Waals surface area contributed by atoms with E-state index in [9.17, 15) is 14.9 Å². The average Bonchev–Trinajstić information content (AvgIpc) is 3.37. The van der Waals surface area contributed by atoms with Crippen molar-refractivity contribution in [1.29, 1.82) is 5.26 Å². The summed E-state index contributed by atoms with van der Waals surface area (Å²) in [7, 11) is 3.30. The molecule has 9 nitrogen and oxygen atoms in total. The number of benzene rings is 1. The molecule has 2 amide bonds. The highest BCUT2D eigenvalue weighted by Crippen LogP contribution is 2.37. The minimum Gasteiger partial charge on any atom is -0.495 e. The Morgan fingerprint density at radius 1 is 1.21 bits per heavy atom. The Morgan fingerprint density at radius 3 is 2.79 bits per heavy atom. The van der Waals surface area contributed by atoms with Crippen molar-refractivity contribution in [2.75, 3.05) is 23.5 Å². The largest absolute Gasteiger partial charge is 0.495 e. The molecule has 34 heavy (non-hydrogen) atoms. The first kappa shape index (κ1) is 23.8. The molecule has 3 aromatic rings. The summed E-state index contributed by atoms with van der Waals surface area (Å²) in [6.07, 6.45) is 4.08. The number of rotatable bonds is 8. The molecule has 0 atom stereocenters. The first-order valence-electron chi connectivity index (χ1n) is 10.8. The fourth-order valence-corrected chi connectivity index (χ4v) is 5.76. The number of carbonyl (C=O) groups is 2. The van der Waals surface area contributed by atoms with Crippen LogP contribution in [0.15, 0.2) is 29.4 Å². The number of nitrogens with one attached hydrogen (secondary N) is 2. The zero-order valence-electron chi connectivity index (χ0n) is 18.9. The molecule has 11 heteroatoms. The third-order valence-electron chi connectivity index (χ3n) is 5.49. The van der Waals surface area contributed by atoms with E-state index in [1.165, 1.54) is 28.0 Å². The van der Waals surface area contributed by atoms with E-state index in [4.69, 9.17) is 4.74 Å². The van der Waals surface area contributed by atoms with Crippen LogP contribution in [0.25, 0.3) is 0 Å². The topological polar surface area (TPSA) is 122 Å². The van der Waals surface area contributed by atoms with E-state index in [0.29, 0.717) is 33.0 Å².